The van der Waals surface area contributed by atoms with Gasteiger partial charge in [-0.25, -0.2) is 0 Å². The monoisotopic (exact) mass is 345 g/mol. The number of benzene rings is 1. The minimum atomic E-state index is -0.944. The molecule has 1 N–H and O–H groups in total. The van der Waals surface area contributed by atoms with Crippen LogP contribution in [-0.4, -0.2) is 28.4 Å². The molecule has 6 heteroatoms. The van der Waals surface area contributed by atoms with Gasteiger partial charge in [0.05, 0.1) is 17.0 Å². The third-order valence-corrected chi connectivity index (χ3v) is 4.59. The number of hydrogen-bond acceptors (Lipinski definition) is 2. The second-order valence-electron chi connectivity index (χ2n) is 4.45. The van der Waals surface area contributed by atoms with Crippen molar-refractivity contribution >= 4 is 39.4 Å². The molecule has 0 aliphatic carbocycles. The van der Waals surface area contributed by atoms with Gasteiger partial charge in [-0.05, 0) is 40.5 Å². The summed E-state index contributed by atoms with van der Waals surface area (Å²) in [6, 6.07) is 4.83. The molecular formula is C13H13BrClNO3. The average Bonchev–Trinajstić information content (AvgIpc) is 2.69. The molecule has 1 fully saturated rings. The van der Waals surface area contributed by atoms with Crippen LogP contribution in [-0.2, 0) is 9.59 Å². The summed E-state index contributed by atoms with van der Waals surface area (Å²) in [7, 11) is 0. The van der Waals surface area contributed by atoms with E-state index in [1.165, 1.54) is 0 Å². The Bertz CT molecular complexity index is 535. The lowest BCUT2D eigenvalue weighted by Crippen LogP contribution is -2.30. The van der Waals surface area contributed by atoms with Gasteiger partial charge < -0.3 is 10.0 Å². The van der Waals surface area contributed by atoms with E-state index < -0.39 is 17.9 Å². The molecule has 102 valence electrons. The van der Waals surface area contributed by atoms with Crippen molar-refractivity contribution in [3.63, 3.8) is 0 Å². The summed E-state index contributed by atoms with van der Waals surface area (Å²) in [6.07, 6.45) is 0.0497. The molecular weight excluding hydrogens is 334 g/mol. The lowest BCUT2D eigenvalue weighted by molar-refractivity contribution is -0.142. The summed E-state index contributed by atoms with van der Waals surface area (Å²) in [5, 5.41) is 9.84. The van der Waals surface area contributed by atoms with Crippen molar-refractivity contribution in [1.82, 2.24) is 4.90 Å². The maximum Gasteiger partial charge on any atom is 0.309 e. The first-order valence-corrected chi connectivity index (χ1v) is 7.10. The Balaban J connectivity index is 2.45. The first-order valence-electron chi connectivity index (χ1n) is 5.93. The second kappa shape index (κ2) is 5.51. The zero-order valence-corrected chi connectivity index (χ0v) is 12.6. The first kappa shape index (κ1) is 14.3. The van der Waals surface area contributed by atoms with Gasteiger partial charge in [-0.1, -0.05) is 17.7 Å². The topological polar surface area (TPSA) is 57.6 Å². The normalized spacial score (nSPS) is 22.9. The molecule has 1 aliphatic rings. The fourth-order valence-corrected chi connectivity index (χ4v) is 3.01. The van der Waals surface area contributed by atoms with Gasteiger partial charge in [-0.15, -0.1) is 0 Å². The Morgan fingerprint density at radius 2 is 2.26 bits per heavy atom. The summed E-state index contributed by atoms with van der Waals surface area (Å²) >= 11 is 9.27. The van der Waals surface area contributed by atoms with E-state index in [9.17, 15) is 14.7 Å². The predicted molar refractivity (Wildman–Crippen MR) is 75.0 cm³/mol. The van der Waals surface area contributed by atoms with Crippen LogP contribution in [0.1, 0.15) is 24.9 Å². The molecule has 0 bridgehead atoms. The molecule has 0 radical (unpaired) electrons. The average molecular weight is 347 g/mol. The lowest BCUT2D eigenvalue weighted by atomic mass is 9.94. The van der Waals surface area contributed by atoms with Gasteiger partial charge in [0.15, 0.2) is 0 Å². The van der Waals surface area contributed by atoms with E-state index in [-0.39, 0.29) is 12.3 Å². The zero-order valence-electron chi connectivity index (χ0n) is 10.3. The molecule has 1 heterocycles. The van der Waals surface area contributed by atoms with Gasteiger partial charge in [-0.2, -0.15) is 0 Å². The molecule has 2 unspecified atom stereocenters. The highest BCUT2D eigenvalue weighted by Crippen LogP contribution is 2.39. The largest absolute Gasteiger partial charge is 0.481 e. The van der Waals surface area contributed by atoms with E-state index in [4.69, 9.17) is 11.6 Å². The smallest absolute Gasteiger partial charge is 0.309 e. The molecule has 0 spiro atoms. The maximum atomic E-state index is 11.9. The Kier molecular flexibility index (Phi) is 4.16. The molecule has 1 aliphatic heterocycles. The molecule has 19 heavy (non-hydrogen) atoms. The number of halogens is 2. The third-order valence-electron chi connectivity index (χ3n) is 3.37. The molecule has 0 aromatic heterocycles. The van der Waals surface area contributed by atoms with Gasteiger partial charge in [0.2, 0.25) is 5.91 Å². The highest BCUT2D eigenvalue weighted by molar-refractivity contribution is 9.10. The molecule has 1 amide bonds. The Hall–Kier alpha value is -1.07. The number of rotatable bonds is 3. The standard InChI is InChI=1S/C13H13BrClNO3/c1-2-16-11(17)6-8(13(18)19)12(16)7-3-4-10(15)9(14)5-7/h3-5,8,12H,2,6H2,1H3,(H,18,19). The SMILES string of the molecule is CCN1C(=O)CC(C(=O)O)C1c1ccc(Cl)c(Br)c1. The highest BCUT2D eigenvalue weighted by atomic mass is 79.9. The van der Waals surface area contributed by atoms with Gasteiger partial charge >= 0.3 is 5.97 Å². The summed E-state index contributed by atoms with van der Waals surface area (Å²) in [4.78, 5) is 24.8. The molecule has 0 saturated carbocycles. The molecule has 4 nitrogen and oxygen atoms in total. The van der Waals surface area contributed by atoms with E-state index in [1.54, 1.807) is 23.1 Å². The van der Waals surface area contributed by atoms with Crippen LogP contribution in [0, 0.1) is 5.92 Å². The van der Waals surface area contributed by atoms with Crippen LogP contribution in [0.4, 0.5) is 0 Å². The zero-order chi connectivity index (χ0) is 14.2. The van der Waals surface area contributed by atoms with Crippen molar-refractivity contribution < 1.29 is 14.7 Å². The van der Waals surface area contributed by atoms with Gasteiger partial charge in [0, 0.05) is 17.4 Å². The Labute approximate surface area is 124 Å². The number of carbonyl (C=O) groups is 2. The lowest BCUT2D eigenvalue weighted by Gasteiger charge is -2.26. The second-order valence-corrected chi connectivity index (χ2v) is 5.71. The van der Waals surface area contributed by atoms with Crippen molar-refractivity contribution in [2.45, 2.75) is 19.4 Å². The number of likely N-dealkylation sites (tertiary alicyclic amines) is 1. The molecule has 2 rings (SSSR count). The number of aliphatic carboxylic acids is 1. The van der Waals surface area contributed by atoms with Crippen molar-refractivity contribution in [3.8, 4) is 0 Å². The fourth-order valence-electron chi connectivity index (χ4n) is 2.49. The predicted octanol–water partition coefficient (Wildman–Crippen LogP) is 3.10. The quantitative estimate of drug-likeness (QED) is 0.915. The summed E-state index contributed by atoms with van der Waals surface area (Å²) in [5.74, 6) is -1.77. The van der Waals surface area contributed by atoms with E-state index in [1.807, 2.05) is 6.92 Å². The third kappa shape index (κ3) is 2.62. The number of carbonyl (C=O) groups excluding carboxylic acids is 1. The Morgan fingerprint density at radius 3 is 2.79 bits per heavy atom. The van der Waals surface area contributed by atoms with Crippen LogP contribution >= 0.6 is 27.5 Å². The molecule has 1 aromatic rings. The number of amides is 1. The van der Waals surface area contributed by atoms with Crippen LogP contribution in [0.2, 0.25) is 5.02 Å². The highest BCUT2D eigenvalue weighted by Gasteiger charge is 2.43. The van der Waals surface area contributed by atoms with Gasteiger partial charge in [0.1, 0.15) is 0 Å². The maximum absolute atomic E-state index is 11.9. The van der Waals surface area contributed by atoms with Crippen molar-refractivity contribution in [1.29, 1.82) is 0 Å². The number of carboxylic acids is 1. The number of carboxylic acid groups (broad SMARTS) is 1. The Morgan fingerprint density at radius 1 is 1.58 bits per heavy atom. The van der Waals surface area contributed by atoms with Crippen molar-refractivity contribution in [3.05, 3.63) is 33.3 Å². The van der Waals surface area contributed by atoms with E-state index >= 15 is 0 Å². The number of hydrogen-bond donors (Lipinski definition) is 1. The van der Waals surface area contributed by atoms with Gasteiger partial charge in [-0.3, -0.25) is 9.59 Å². The molecule has 2 atom stereocenters. The first-order chi connectivity index (χ1) is 8.95. The van der Waals surface area contributed by atoms with E-state index in [2.05, 4.69) is 15.9 Å². The van der Waals surface area contributed by atoms with Gasteiger partial charge in [0.25, 0.3) is 0 Å². The van der Waals surface area contributed by atoms with E-state index in [0.717, 1.165) is 5.56 Å². The minimum Gasteiger partial charge on any atom is -0.481 e. The van der Waals surface area contributed by atoms with Crippen LogP contribution in [0.15, 0.2) is 22.7 Å². The summed E-state index contributed by atoms with van der Waals surface area (Å²) in [6.45, 7) is 2.34. The summed E-state index contributed by atoms with van der Waals surface area (Å²) < 4.78 is 0.700. The van der Waals surface area contributed by atoms with Crippen LogP contribution in [0.25, 0.3) is 0 Å². The number of nitrogens with zero attached hydrogens (tertiary/aromatic N) is 1. The van der Waals surface area contributed by atoms with E-state index in [0.29, 0.717) is 16.0 Å². The minimum absolute atomic E-state index is 0.0497. The molecule has 1 aromatic carbocycles. The fraction of sp³-hybridized carbons (Fsp3) is 0.385. The molecule has 1 saturated heterocycles. The van der Waals surface area contributed by atoms with Crippen molar-refractivity contribution in [2.75, 3.05) is 6.54 Å². The van der Waals surface area contributed by atoms with Crippen LogP contribution in [0.3, 0.4) is 0 Å². The van der Waals surface area contributed by atoms with Crippen LogP contribution in [0.5, 0.6) is 0 Å². The van der Waals surface area contributed by atoms with Crippen LogP contribution < -0.4 is 0 Å². The van der Waals surface area contributed by atoms with Crippen molar-refractivity contribution in [2.24, 2.45) is 5.92 Å². The summed E-state index contributed by atoms with van der Waals surface area (Å²) in [5.41, 5.74) is 0.788.